The monoisotopic (exact) mass is 278 g/mol. The van der Waals surface area contributed by atoms with Crippen LogP contribution in [0.3, 0.4) is 0 Å². The van der Waals surface area contributed by atoms with Gasteiger partial charge in [-0.2, -0.15) is 0 Å². The zero-order valence-corrected chi connectivity index (χ0v) is 13.9. The lowest BCUT2D eigenvalue weighted by Crippen LogP contribution is -2.37. The molecule has 0 saturated heterocycles. The second kappa shape index (κ2) is 7.65. The van der Waals surface area contributed by atoms with E-state index in [9.17, 15) is 0 Å². The summed E-state index contributed by atoms with van der Waals surface area (Å²) in [6, 6.07) is 8.32. The molecule has 0 aromatic heterocycles. The lowest BCUT2D eigenvalue weighted by Gasteiger charge is -2.28. The molecule has 0 aliphatic rings. The van der Waals surface area contributed by atoms with Crippen molar-refractivity contribution < 1.29 is 4.74 Å². The van der Waals surface area contributed by atoms with Crippen molar-refractivity contribution in [2.75, 3.05) is 27.2 Å². The molecule has 1 aromatic carbocycles. The van der Waals surface area contributed by atoms with Crippen LogP contribution >= 0.6 is 0 Å². The van der Waals surface area contributed by atoms with Crippen molar-refractivity contribution in [3.63, 3.8) is 0 Å². The van der Waals surface area contributed by atoms with E-state index in [4.69, 9.17) is 4.74 Å². The predicted octanol–water partition coefficient (Wildman–Crippen LogP) is 3.15. The van der Waals surface area contributed by atoms with Gasteiger partial charge in [0.2, 0.25) is 0 Å². The van der Waals surface area contributed by atoms with Gasteiger partial charge < -0.3 is 15.0 Å². The largest absolute Gasteiger partial charge is 0.491 e. The minimum absolute atomic E-state index is 0.220. The summed E-state index contributed by atoms with van der Waals surface area (Å²) < 4.78 is 5.72. The fraction of sp³-hybridized carbons (Fsp3) is 0.647. The molecule has 1 N–H and O–H groups in total. The second-order valence-corrected chi connectivity index (χ2v) is 6.82. The van der Waals surface area contributed by atoms with Crippen LogP contribution in [0.5, 0.6) is 5.75 Å². The van der Waals surface area contributed by atoms with Crippen LogP contribution in [0.2, 0.25) is 0 Å². The van der Waals surface area contributed by atoms with Crippen LogP contribution in [-0.4, -0.2) is 38.2 Å². The standard InChI is InChI=1S/C17H30N2O/c1-14(2)20-16-9-7-8-15(10-16)11-18-12-17(3,4)13-19(5)6/h7-10,14,18H,11-13H2,1-6H3. The molecule has 0 radical (unpaired) electrons. The highest BCUT2D eigenvalue weighted by Gasteiger charge is 2.18. The van der Waals surface area contributed by atoms with Gasteiger partial charge in [0, 0.05) is 19.6 Å². The molecule has 0 fully saturated rings. The molecule has 0 heterocycles. The number of benzene rings is 1. The van der Waals surface area contributed by atoms with Gasteiger partial charge in [-0.25, -0.2) is 0 Å². The summed E-state index contributed by atoms with van der Waals surface area (Å²) in [5.74, 6) is 0.951. The molecule has 0 atom stereocenters. The van der Waals surface area contributed by atoms with Gasteiger partial charge in [0.15, 0.2) is 0 Å². The van der Waals surface area contributed by atoms with Crippen molar-refractivity contribution in [2.24, 2.45) is 5.41 Å². The highest BCUT2D eigenvalue weighted by Crippen LogP contribution is 2.17. The maximum absolute atomic E-state index is 5.72. The van der Waals surface area contributed by atoms with Crippen molar-refractivity contribution in [3.8, 4) is 5.75 Å². The highest BCUT2D eigenvalue weighted by atomic mass is 16.5. The molecule has 0 saturated carbocycles. The molecule has 3 heteroatoms. The minimum atomic E-state index is 0.220. The summed E-state index contributed by atoms with van der Waals surface area (Å²) in [5.41, 5.74) is 1.54. The number of nitrogens with zero attached hydrogens (tertiary/aromatic N) is 1. The Hall–Kier alpha value is -1.06. The Labute approximate surface area is 124 Å². The highest BCUT2D eigenvalue weighted by molar-refractivity contribution is 5.28. The summed E-state index contributed by atoms with van der Waals surface area (Å²) in [5, 5.41) is 3.55. The third kappa shape index (κ3) is 6.92. The Bertz CT molecular complexity index is 400. The maximum atomic E-state index is 5.72. The van der Waals surface area contributed by atoms with Crippen LogP contribution < -0.4 is 10.1 Å². The van der Waals surface area contributed by atoms with Crippen LogP contribution in [0, 0.1) is 5.41 Å². The Kier molecular flexibility index (Phi) is 6.50. The molecular formula is C17H30N2O. The van der Waals surface area contributed by atoms with Gasteiger partial charge in [-0.3, -0.25) is 0 Å². The SMILES string of the molecule is CC(C)Oc1cccc(CNCC(C)(C)CN(C)C)c1. The van der Waals surface area contributed by atoms with Crippen LogP contribution in [-0.2, 0) is 6.54 Å². The minimum Gasteiger partial charge on any atom is -0.491 e. The van der Waals surface area contributed by atoms with Crippen molar-refractivity contribution in [3.05, 3.63) is 29.8 Å². The normalized spacial score (nSPS) is 12.2. The van der Waals surface area contributed by atoms with E-state index < -0.39 is 0 Å². The van der Waals surface area contributed by atoms with E-state index in [1.54, 1.807) is 0 Å². The molecule has 0 spiro atoms. The van der Waals surface area contributed by atoms with E-state index in [2.05, 4.69) is 70.2 Å². The predicted molar refractivity (Wildman–Crippen MR) is 86.2 cm³/mol. The number of nitrogens with one attached hydrogen (secondary N) is 1. The first-order chi connectivity index (χ1) is 9.28. The second-order valence-electron chi connectivity index (χ2n) is 6.82. The molecule has 0 amide bonds. The molecule has 0 aliphatic heterocycles. The average molecular weight is 278 g/mol. The molecule has 1 rings (SSSR count). The van der Waals surface area contributed by atoms with E-state index >= 15 is 0 Å². The van der Waals surface area contributed by atoms with Crippen molar-refractivity contribution >= 4 is 0 Å². The van der Waals surface area contributed by atoms with Crippen molar-refractivity contribution in [1.82, 2.24) is 10.2 Å². The smallest absolute Gasteiger partial charge is 0.120 e. The number of rotatable bonds is 8. The fourth-order valence-corrected chi connectivity index (χ4v) is 2.46. The number of hydrogen-bond acceptors (Lipinski definition) is 3. The molecule has 3 nitrogen and oxygen atoms in total. The zero-order valence-electron chi connectivity index (χ0n) is 13.9. The molecule has 114 valence electrons. The van der Waals surface area contributed by atoms with Crippen LogP contribution in [0.25, 0.3) is 0 Å². The van der Waals surface area contributed by atoms with Crippen LogP contribution in [0.4, 0.5) is 0 Å². The lowest BCUT2D eigenvalue weighted by molar-refractivity contribution is 0.232. The van der Waals surface area contributed by atoms with E-state index in [-0.39, 0.29) is 11.5 Å². The fourth-order valence-electron chi connectivity index (χ4n) is 2.46. The van der Waals surface area contributed by atoms with Gasteiger partial charge in [-0.15, -0.1) is 0 Å². The van der Waals surface area contributed by atoms with Crippen molar-refractivity contribution in [1.29, 1.82) is 0 Å². The maximum Gasteiger partial charge on any atom is 0.120 e. The summed E-state index contributed by atoms with van der Waals surface area (Å²) >= 11 is 0. The Morgan fingerprint density at radius 2 is 1.95 bits per heavy atom. The third-order valence-electron chi connectivity index (χ3n) is 2.95. The Morgan fingerprint density at radius 1 is 1.25 bits per heavy atom. The first-order valence-electron chi connectivity index (χ1n) is 7.39. The Morgan fingerprint density at radius 3 is 2.55 bits per heavy atom. The van der Waals surface area contributed by atoms with Gasteiger partial charge >= 0.3 is 0 Å². The topological polar surface area (TPSA) is 24.5 Å². The average Bonchev–Trinajstić information content (AvgIpc) is 2.26. The van der Waals surface area contributed by atoms with Crippen molar-refractivity contribution in [2.45, 2.75) is 40.3 Å². The molecule has 1 aromatic rings. The molecule has 0 aliphatic carbocycles. The summed E-state index contributed by atoms with van der Waals surface area (Å²) in [6.45, 7) is 11.6. The van der Waals surface area contributed by atoms with E-state index in [0.717, 1.165) is 25.4 Å². The van der Waals surface area contributed by atoms with Crippen LogP contribution in [0.1, 0.15) is 33.3 Å². The summed E-state index contributed by atoms with van der Waals surface area (Å²) in [4.78, 5) is 2.23. The van der Waals surface area contributed by atoms with Gasteiger partial charge in [-0.1, -0.05) is 26.0 Å². The number of ether oxygens (including phenoxy) is 1. The first-order valence-corrected chi connectivity index (χ1v) is 7.39. The van der Waals surface area contributed by atoms with Gasteiger partial charge in [0.25, 0.3) is 0 Å². The van der Waals surface area contributed by atoms with Gasteiger partial charge in [-0.05, 0) is 51.1 Å². The Balaban J connectivity index is 2.45. The number of hydrogen-bond donors (Lipinski definition) is 1. The van der Waals surface area contributed by atoms with E-state index in [0.29, 0.717) is 0 Å². The third-order valence-corrected chi connectivity index (χ3v) is 2.95. The molecule has 0 bridgehead atoms. The summed E-state index contributed by atoms with van der Waals surface area (Å²) in [6.07, 6.45) is 0.220. The molecule has 20 heavy (non-hydrogen) atoms. The van der Waals surface area contributed by atoms with E-state index in [1.807, 2.05) is 6.07 Å². The van der Waals surface area contributed by atoms with E-state index in [1.165, 1.54) is 5.56 Å². The molecular weight excluding hydrogens is 248 g/mol. The van der Waals surface area contributed by atoms with Gasteiger partial charge in [0.05, 0.1) is 6.10 Å². The summed E-state index contributed by atoms with van der Waals surface area (Å²) in [7, 11) is 4.24. The first kappa shape index (κ1) is 17.0. The lowest BCUT2D eigenvalue weighted by atomic mass is 9.93. The van der Waals surface area contributed by atoms with Gasteiger partial charge in [0.1, 0.15) is 5.75 Å². The molecule has 0 unspecified atom stereocenters. The quantitative estimate of drug-likeness (QED) is 0.790. The zero-order chi connectivity index (χ0) is 15.2. The van der Waals surface area contributed by atoms with Crippen LogP contribution in [0.15, 0.2) is 24.3 Å².